The molecule has 0 aliphatic rings. The van der Waals surface area contributed by atoms with Crippen LogP contribution in [0.5, 0.6) is 0 Å². The van der Waals surface area contributed by atoms with E-state index >= 15 is 0 Å². The van der Waals surface area contributed by atoms with Gasteiger partial charge in [0, 0.05) is 4.88 Å². The van der Waals surface area contributed by atoms with Crippen LogP contribution >= 0.6 is 11.3 Å². The average Bonchev–Trinajstić information content (AvgIpc) is 2.68. The first kappa shape index (κ1) is 15.2. The van der Waals surface area contributed by atoms with Gasteiger partial charge in [-0.25, -0.2) is 0 Å². The Morgan fingerprint density at radius 2 is 2.17 bits per heavy atom. The zero-order valence-corrected chi connectivity index (χ0v) is 12.4. The van der Waals surface area contributed by atoms with Crippen LogP contribution in [0.15, 0.2) is 6.07 Å². The van der Waals surface area contributed by atoms with Crippen LogP contribution in [0.2, 0.25) is 0 Å². The Hall–Kier alpha value is -0.870. The number of thiophene rings is 1. The van der Waals surface area contributed by atoms with Crippen molar-refractivity contribution in [2.45, 2.75) is 46.6 Å². The van der Waals surface area contributed by atoms with E-state index in [0.29, 0.717) is 0 Å². The summed E-state index contributed by atoms with van der Waals surface area (Å²) in [4.78, 5) is 14.0. The van der Waals surface area contributed by atoms with Crippen LogP contribution in [0.25, 0.3) is 0 Å². The summed E-state index contributed by atoms with van der Waals surface area (Å²) in [5.41, 5.74) is 1.26. The molecule has 3 nitrogen and oxygen atoms in total. The summed E-state index contributed by atoms with van der Waals surface area (Å²) < 4.78 is 0. The molecule has 0 saturated heterocycles. The molecule has 1 amide bonds. The van der Waals surface area contributed by atoms with Gasteiger partial charge in [-0.1, -0.05) is 27.2 Å². The van der Waals surface area contributed by atoms with Crippen LogP contribution in [0.3, 0.4) is 0 Å². The summed E-state index contributed by atoms with van der Waals surface area (Å²) in [5, 5.41) is 12.1. The van der Waals surface area contributed by atoms with Crippen LogP contribution in [-0.2, 0) is 6.42 Å². The van der Waals surface area contributed by atoms with E-state index in [1.807, 2.05) is 19.9 Å². The lowest BCUT2D eigenvalue weighted by Gasteiger charge is -2.19. The highest BCUT2D eigenvalue weighted by atomic mass is 32.1. The van der Waals surface area contributed by atoms with Crippen molar-refractivity contribution in [2.24, 2.45) is 5.92 Å². The Balaban J connectivity index is 2.75. The van der Waals surface area contributed by atoms with Gasteiger partial charge in [-0.15, -0.1) is 11.3 Å². The molecule has 0 aliphatic heterocycles. The molecule has 0 bridgehead atoms. The van der Waals surface area contributed by atoms with Crippen molar-refractivity contribution >= 4 is 17.2 Å². The van der Waals surface area contributed by atoms with E-state index in [1.165, 1.54) is 21.8 Å². The highest BCUT2D eigenvalue weighted by molar-refractivity contribution is 7.14. The van der Waals surface area contributed by atoms with Gasteiger partial charge in [0.15, 0.2) is 0 Å². The number of amides is 1. The second-order valence-corrected chi connectivity index (χ2v) is 6.20. The Labute approximate surface area is 113 Å². The van der Waals surface area contributed by atoms with Crippen LogP contribution in [0, 0.1) is 12.8 Å². The molecule has 4 heteroatoms. The molecule has 2 N–H and O–H groups in total. The minimum absolute atomic E-state index is 0.0183. The number of aliphatic hydroxyl groups excluding tert-OH is 1. The van der Waals surface area contributed by atoms with Crippen molar-refractivity contribution in [3.63, 3.8) is 0 Å². The SMILES string of the molecule is CCCc1cc(C(=O)NC(CO)C(C)C)sc1C. The summed E-state index contributed by atoms with van der Waals surface area (Å²) in [7, 11) is 0. The molecular formula is C14H23NO2S. The Bertz CT molecular complexity index is 398. The fraction of sp³-hybridized carbons (Fsp3) is 0.643. The molecule has 1 aromatic rings. The van der Waals surface area contributed by atoms with Gasteiger partial charge in [0.1, 0.15) is 0 Å². The zero-order valence-electron chi connectivity index (χ0n) is 11.6. The minimum atomic E-state index is -0.172. The van der Waals surface area contributed by atoms with E-state index in [4.69, 9.17) is 0 Å². The van der Waals surface area contributed by atoms with Crippen molar-refractivity contribution < 1.29 is 9.90 Å². The number of carbonyl (C=O) groups is 1. The average molecular weight is 269 g/mol. The summed E-state index contributed by atoms with van der Waals surface area (Å²) in [5.74, 6) is 0.160. The summed E-state index contributed by atoms with van der Waals surface area (Å²) in [6.07, 6.45) is 2.10. The summed E-state index contributed by atoms with van der Waals surface area (Å²) in [6, 6.07) is 1.81. The van der Waals surface area contributed by atoms with Gasteiger partial charge in [0.25, 0.3) is 5.91 Å². The first-order chi connectivity index (χ1) is 8.49. The molecule has 0 aromatic carbocycles. The summed E-state index contributed by atoms with van der Waals surface area (Å²) >= 11 is 1.53. The largest absolute Gasteiger partial charge is 0.394 e. The highest BCUT2D eigenvalue weighted by Gasteiger charge is 2.18. The van der Waals surface area contributed by atoms with E-state index in [9.17, 15) is 9.90 Å². The molecule has 1 atom stereocenters. The van der Waals surface area contributed by atoms with Crippen molar-refractivity contribution in [3.05, 3.63) is 21.4 Å². The van der Waals surface area contributed by atoms with Gasteiger partial charge in [-0.2, -0.15) is 0 Å². The lowest BCUT2D eigenvalue weighted by molar-refractivity contribution is 0.0901. The van der Waals surface area contributed by atoms with Gasteiger partial charge in [0.05, 0.1) is 17.5 Å². The van der Waals surface area contributed by atoms with Crippen LogP contribution < -0.4 is 5.32 Å². The standard InChI is InChI=1S/C14H23NO2S/c1-5-6-11-7-13(18-10(11)4)14(17)15-12(8-16)9(2)3/h7,9,12,16H,5-6,8H2,1-4H3,(H,15,17). The molecule has 0 radical (unpaired) electrons. The van der Waals surface area contributed by atoms with Crippen molar-refractivity contribution in [3.8, 4) is 0 Å². The maximum atomic E-state index is 12.1. The lowest BCUT2D eigenvalue weighted by Crippen LogP contribution is -2.40. The van der Waals surface area contributed by atoms with E-state index < -0.39 is 0 Å². The van der Waals surface area contributed by atoms with E-state index in [-0.39, 0.29) is 24.5 Å². The number of aryl methyl sites for hydroxylation is 2. The van der Waals surface area contributed by atoms with Crippen molar-refractivity contribution in [1.29, 1.82) is 0 Å². The third kappa shape index (κ3) is 3.82. The number of carbonyl (C=O) groups excluding carboxylic acids is 1. The monoisotopic (exact) mass is 269 g/mol. The smallest absolute Gasteiger partial charge is 0.261 e. The highest BCUT2D eigenvalue weighted by Crippen LogP contribution is 2.23. The van der Waals surface area contributed by atoms with Gasteiger partial charge < -0.3 is 10.4 Å². The molecule has 18 heavy (non-hydrogen) atoms. The predicted octanol–water partition coefficient (Wildman–Crippen LogP) is 2.76. The van der Waals surface area contributed by atoms with Crippen molar-refractivity contribution in [2.75, 3.05) is 6.61 Å². The molecule has 102 valence electrons. The summed E-state index contributed by atoms with van der Waals surface area (Å²) in [6.45, 7) is 8.15. The van der Waals surface area contributed by atoms with Gasteiger partial charge >= 0.3 is 0 Å². The number of nitrogens with one attached hydrogen (secondary N) is 1. The Kier molecular flexibility index (Phi) is 5.82. The maximum Gasteiger partial charge on any atom is 0.261 e. The normalized spacial score (nSPS) is 12.8. The van der Waals surface area contributed by atoms with E-state index in [0.717, 1.165) is 17.7 Å². The number of hydrogen-bond acceptors (Lipinski definition) is 3. The minimum Gasteiger partial charge on any atom is -0.394 e. The van der Waals surface area contributed by atoms with Crippen LogP contribution in [0.1, 0.15) is 47.3 Å². The number of rotatable bonds is 6. The number of hydrogen-bond donors (Lipinski definition) is 2. The van der Waals surface area contributed by atoms with Crippen LogP contribution in [-0.4, -0.2) is 23.7 Å². The van der Waals surface area contributed by atoms with E-state index in [1.54, 1.807) is 0 Å². The van der Waals surface area contributed by atoms with Crippen molar-refractivity contribution in [1.82, 2.24) is 5.32 Å². The first-order valence-electron chi connectivity index (χ1n) is 6.50. The molecule has 0 spiro atoms. The third-order valence-corrected chi connectivity index (χ3v) is 4.17. The van der Waals surface area contributed by atoms with Crippen LogP contribution in [0.4, 0.5) is 0 Å². The molecule has 1 aromatic heterocycles. The fourth-order valence-corrected chi connectivity index (χ4v) is 2.79. The Morgan fingerprint density at radius 3 is 2.67 bits per heavy atom. The second-order valence-electron chi connectivity index (χ2n) is 4.95. The first-order valence-corrected chi connectivity index (χ1v) is 7.32. The quantitative estimate of drug-likeness (QED) is 0.834. The molecule has 0 fully saturated rings. The molecule has 1 heterocycles. The molecule has 0 saturated carbocycles. The Morgan fingerprint density at radius 1 is 1.50 bits per heavy atom. The molecule has 0 aliphatic carbocycles. The lowest BCUT2D eigenvalue weighted by atomic mass is 10.1. The topological polar surface area (TPSA) is 49.3 Å². The molecule has 1 rings (SSSR count). The third-order valence-electron chi connectivity index (χ3n) is 3.08. The number of aliphatic hydroxyl groups is 1. The fourth-order valence-electron chi connectivity index (χ4n) is 1.81. The van der Waals surface area contributed by atoms with Gasteiger partial charge in [0.2, 0.25) is 0 Å². The molecule has 1 unspecified atom stereocenters. The van der Waals surface area contributed by atoms with Gasteiger partial charge in [-0.05, 0) is 30.9 Å². The maximum absolute atomic E-state index is 12.1. The van der Waals surface area contributed by atoms with Gasteiger partial charge in [-0.3, -0.25) is 4.79 Å². The predicted molar refractivity (Wildman–Crippen MR) is 76.2 cm³/mol. The zero-order chi connectivity index (χ0) is 13.7. The molecular weight excluding hydrogens is 246 g/mol. The second kappa shape index (κ2) is 6.90. The van der Waals surface area contributed by atoms with E-state index in [2.05, 4.69) is 19.2 Å².